The lowest BCUT2D eigenvalue weighted by molar-refractivity contribution is -0.185. The molecule has 2 aliphatic carbocycles. The molecule has 1 aliphatic heterocycles. The monoisotopic (exact) mass is 322 g/mol. The highest BCUT2D eigenvalue weighted by Gasteiger charge is 2.57. The molecule has 1 saturated heterocycles. The molecule has 4 nitrogen and oxygen atoms in total. The van der Waals surface area contributed by atoms with Gasteiger partial charge in [0.1, 0.15) is 0 Å². The van der Waals surface area contributed by atoms with Crippen molar-refractivity contribution in [3.8, 4) is 0 Å². The predicted molar refractivity (Wildman–Crippen MR) is 92.3 cm³/mol. The van der Waals surface area contributed by atoms with Crippen LogP contribution in [0.15, 0.2) is 0 Å². The van der Waals surface area contributed by atoms with Gasteiger partial charge < -0.3 is 15.0 Å². The molecule has 3 unspecified atom stereocenters. The van der Waals surface area contributed by atoms with Crippen LogP contribution in [0, 0.1) is 11.3 Å². The Hall–Kier alpha value is -0.610. The van der Waals surface area contributed by atoms with Gasteiger partial charge in [-0.2, -0.15) is 0 Å². The van der Waals surface area contributed by atoms with E-state index in [4.69, 9.17) is 4.74 Å². The van der Waals surface area contributed by atoms with Crippen molar-refractivity contribution in [2.45, 2.75) is 76.9 Å². The molecule has 3 aliphatic rings. The largest absolute Gasteiger partial charge is 0.378 e. The molecule has 1 amide bonds. The number of carbonyl (C=O) groups excluding carboxylic acids is 1. The summed E-state index contributed by atoms with van der Waals surface area (Å²) in [5, 5.41) is 3.40. The number of amides is 1. The lowest BCUT2D eigenvalue weighted by Crippen LogP contribution is -2.65. The fourth-order valence-corrected chi connectivity index (χ4v) is 5.21. The van der Waals surface area contributed by atoms with Crippen LogP contribution in [-0.4, -0.2) is 49.7 Å². The molecular weight excluding hydrogens is 288 g/mol. The Morgan fingerprint density at radius 1 is 1.30 bits per heavy atom. The van der Waals surface area contributed by atoms with Gasteiger partial charge in [-0.25, -0.2) is 0 Å². The van der Waals surface area contributed by atoms with Crippen molar-refractivity contribution in [1.82, 2.24) is 10.2 Å². The molecule has 3 rings (SSSR count). The smallest absolute Gasteiger partial charge is 0.222 e. The molecule has 1 heterocycles. The van der Waals surface area contributed by atoms with Gasteiger partial charge in [-0.05, 0) is 58.0 Å². The second-order valence-corrected chi connectivity index (χ2v) is 7.89. The third-order valence-corrected chi connectivity index (χ3v) is 6.68. The van der Waals surface area contributed by atoms with Crippen LogP contribution in [0.4, 0.5) is 0 Å². The molecule has 0 aromatic heterocycles. The van der Waals surface area contributed by atoms with E-state index >= 15 is 0 Å². The molecule has 0 bridgehead atoms. The van der Waals surface area contributed by atoms with Crippen LogP contribution in [0.25, 0.3) is 0 Å². The third-order valence-electron chi connectivity index (χ3n) is 6.68. The lowest BCUT2D eigenvalue weighted by atomic mass is 9.54. The van der Waals surface area contributed by atoms with E-state index in [-0.39, 0.29) is 5.41 Å². The summed E-state index contributed by atoms with van der Waals surface area (Å²) in [6, 6.07) is 0.411. The zero-order chi connectivity index (χ0) is 16.3. The second-order valence-electron chi connectivity index (χ2n) is 7.89. The van der Waals surface area contributed by atoms with E-state index in [1.807, 2.05) is 7.05 Å². The SMILES string of the molecule is CCOC1CC(N(C)C(=O)CCC2CCNC2)C12CCCCC2. The standard InChI is InChI=1S/C19H34N2O2/c1-3-23-17-13-16(19(17)10-5-4-6-11-19)21(2)18(22)8-7-15-9-12-20-14-15/h15-17,20H,3-14H2,1-2H3. The van der Waals surface area contributed by atoms with Crippen molar-refractivity contribution < 1.29 is 9.53 Å². The minimum absolute atomic E-state index is 0.258. The van der Waals surface area contributed by atoms with Crippen LogP contribution >= 0.6 is 0 Å². The minimum atomic E-state index is 0.258. The minimum Gasteiger partial charge on any atom is -0.378 e. The second kappa shape index (κ2) is 7.52. The topological polar surface area (TPSA) is 41.6 Å². The van der Waals surface area contributed by atoms with Gasteiger partial charge in [-0.3, -0.25) is 4.79 Å². The highest BCUT2D eigenvalue weighted by atomic mass is 16.5. The molecule has 0 radical (unpaired) electrons. The highest BCUT2D eigenvalue weighted by Crippen LogP contribution is 2.55. The van der Waals surface area contributed by atoms with Gasteiger partial charge in [0.05, 0.1) is 6.10 Å². The van der Waals surface area contributed by atoms with E-state index in [9.17, 15) is 4.79 Å². The van der Waals surface area contributed by atoms with Gasteiger partial charge in [-0.1, -0.05) is 19.3 Å². The van der Waals surface area contributed by atoms with Crippen molar-refractivity contribution in [3.05, 3.63) is 0 Å². The number of carbonyl (C=O) groups is 1. The Morgan fingerprint density at radius 3 is 2.74 bits per heavy atom. The highest BCUT2D eigenvalue weighted by molar-refractivity contribution is 5.76. The van der Waals surface area contributed by atoms with Crippen LogP contribution in [-0.2, 0) is 9.53 Å². The number of ether oxygens (including phenoxy) is 1. The van der Waals surface area contributed by atoms with Crippen molar-refractivity contribution in [1.29, 1.82) is 0 Å². The quantitative estimate of drug-likeness (QED) is 0.817. The maximum absolute atomic E-state index is 12.7. The molecule has 0 aromatic carbocycles. The third kappa shape index (κ3) is 3.43. The first-order valence-electron chi connectivity index (χ1n) is 9.75. The molecule has 2 saturated carbocycles. The van der Waals surface area contributed by atoms with E-state index in [0.29, 0.717) is 30.4 Å². The summed E-state index contributed by atoms with van der Waals surface area (Å²) in [4.78, 5) is 14.8. The Morgan fingerprint density at radius 2 is 2.09 bits per heavy atom. The first-order chi connectivity index (χ1) is 11.2. The normalized spacial score (nSPS) is 32.7. The zero-order valence-electron chi connectivity index (χ0n) is 15.0. The van der Waals surface area contributed by atoms with E-state index in [1.54, 1.807) is 0 Å². The summed E-state index contributed by atoms with van der Waals surface area (Å²) in [5.41, 5.74) is 0.258. The summed E-state index contributed by atoms with van der Waals surface area (Å²) in [5.74, 6) is 1.05. The molecule has 23 heavy (non-hydrogen) atoms. The Labute approximate surface area is 141 Å². The average molecular weight is 322 g/mol. The summed E-state index contributed by atoms with van der Waals surface area (Å²) in [7, 11) is 2.04. The summed E-state index contributed by atoms with van der Waals surface area (Å²) in [6.45, 7) is 5.10. The van der Waals surface area contributed by atoms with Crippen molar-refractivity contribution in [3.63, 3.8) is 0 Å². The number of nitrogens with one attached hydrogen (secondary N) is 1. The average Bonchev–Trinajstić information content (AvgIpc) is 3.10. The van der Waals surface area contributed by atoms with Gasteiger partial charge >= 0.3 is 0 Å². The first kappa shape index (κ1) is 17.2. The number of hydrogen-bond donors (Lipinski definition) is 1. The van der Waals surface area contributed by atoms with Crippen LogP contribution in [0.3, 0.4) is 0 Å². The summed E-state index contributed by atoms with van der Waals surface area (Å²) < 4.78 is 6.03. The van der Waals surface area contributed by atoms with E-state index in [2.05, 4.69) is 17.1 Å². The zero-order valence-corrected chi connectivity index (χ0v) is 15.0. The molecule has 132 valence electrons. The predicted octanol–water partition coefficient (Wildman–Crippen LogP) is 2.96. The Kier molecular flexibility index (Phi) is 5.63. The summed E-state index contributed by atoms with van der Waals surface area (Å²) in [6.07, 6.45) is 10.9. The number of nitrogens with zero attached hydrogens (tertiary/aromatic N) is 1. The molecule has 3 atom stereocenters. The first-order valence-corrected chi connectivity index (χ1v) is 9.75. The Bertz CT molecular complexity index is 400. The van der Waals surface area contributed by atoms with Gasteiger partial charge in [0.25, 0.3) is 0 Å². The molecule has 0 aromatic rings. The fourth-order valence-electron chi connectivity index (χ4n) is 5.21. The van der Waals surface area contributed by atoms with Gasteiger partial charge in [0.2, 0.25) is 5.91 Å². The summed E-state index contributed by atoms with van der Waals surface area (Å²) >= 11 is 0. The van der Waals surface area contributed by atoms with E-state index in [1.165, 1.54) is 38.5 Å². The molecule has 3 fully saturated rings. The maximum atomic E-state index is 12.7. The van der Waals surface area contributed by atoms with Crippen molar-refractivity contribution in [2.75, 3.05) is 26.7 Å². The van der Waals surface area contributed by atoms with Gasteiger partial charge in [0.15, 0.2) is 0 Å². The van der Waals surface area contributed by atoms with E-state index < -0.39 is 0 Å². The molecule has 1 spiro atoms. The molecular formula is C19H34N2O2. The molecule has 1 N–H and O–H groups in total. The number of hydrogen-bond acceptors (Lipinski definition) is 3. The lowest BCUT2D eigenvalue weighted by Gasteiger charge is -2.60. The van der Waals surface area contributed by atoms with Crippen LogP contribution in [0.2, 0.25) is 0 Å². The maximum Gasteiger partial charge on any atom is 0.222 e. The van der Waals surface area contributed by atoms with Crippen LogP contribution < -0.4 is 5.32 Å². The van der Waals surface area contributed by atoms with Crippen LogP contribution in [0.5, 0.6) is 0 Å². The van der Waals surface area contributed by atoms with Gasteiger partial charge in [-0.15, -0.1) is 0 Å². The van der Waals surface area contributed by atoms with Gasteiger partial charge in [0, 0.05) is 31.5 Å². The van der Waals surface area contributed by atoms with E-state index in [0.717, 1.165) is 32.5 Å². The Balaban J connectivity index is 1.56. The molecule has 4 heteroatoms. The fraction of sp³-hybridized carbons (Fsp3) is 0.947. The van der Waals surface area contributed by atoms with Crippen LogP contribution in [0.1, 0.15) is 64.7 Å². The van der Waals surface area contributed by atoms with Crippen molar-refractivity contribution in [2.24, 2.45) is 11.3 Å². The number of rotatable bonds is 6. The van der Waals surface area contributed by atoms with Crippen molar-refractivity contribution >= 4 is 5.91 Å².